The fourth-order valence-electron chi connectivity index (χ4n) is 2.22. The minimum atomic E-state index is -0.401. The van der Waals surface area contributed by atoms with Gasteiger partial charge in [0.2, 0.25) is 0 Å². The van der Waals surface area contributed by atoms with Gasteiger partial charge in [0, 0.05) is 28.3 Å². The number of carbonyl (C=O) groups excluding carboxylic acids is 1. The lowest BCUT2D eigenvalue weighted by molar-refractivity contribution is -0.131. The van der Waals surface area contributed by atoms with E-state index >= 15 is 0 Å². The highest BCUT2D eigenvalue weighted by Crippen LogP contribution is 2.45. The van der Waals surface area contributed by atoms with Gasteiger partial charge >= 0.3 is 5.97 Å². The van der Waals surface area contributed by atoms with E-state index in [4.69, 9.17) is 25.8 Å². The van der Waals surface area contributed by atoms with Crippen molar-refractivity contribution in [3.05, 3.63) is 28.8 Å². The number of hydrogen-bond donors (Lipinski definition) is 0. The Balaban J connectivity index is 2.91. The molecule has 0 saturated carbocycles. The lowest BCUT2D eigenvalue weighted by atomic mass is 10.0. The van der Waals surface area contributed by atoms with Crippen LogP contribution in [0.15, 0.2) is 18.2 Å². The Bertz CT molecular complexity index is 679. The van der Waals surface area contributed by atoms with Gasteiger partial charge < -0.3 is 14.2 Å². The lowest BCUT2D eigenvalue weighted by Crippen LogP contribution is -2.05. The first-order chi connectivity index (χ1) is 9.49. The molecule has 0 heterocycles. The normalized spacial score (nSPS) is 10.4. The van der Waals surface area contributed by atoms with Crippen molar-refractivity contribution in [2.75, 3.05) is 14.2 Å². The number of fused-ring (bicyclic) bond motifs is 1. The van der Waals surface area contributed by atoms with Crippen molar-refractivity contribution in [2.45, 2.75) is 13.8 Å². The molecule has 0 aliphatic carbocycles. The SMILES string of the molecule is COc1c(C)c(OC(C)=O)c2cc(Cl)ccc2c1OC. The van der Waals surface area contributed by atoms with Gasteiger partial charge in [-0.25, -0.2) is 0 Å². The van der Waals surface area contributed by atoms with Crippen molar-refractivity contribution in [3.63, 3.8) is 0 Å². The van der Waals surface area contributed by atoms with Crippen LogP contribution >= 0.6 is 11.6 Å². The predicted molar refractivity (Wildman–Crippen MR) is 78.1 cm³/mol. The molecule has 0 aromatic heterocycles. The summed E-state index contributed by atoms with van der Waals surface area (Å²) in [6.45, 7) is 3.16. The highest BCUT2D eigenvalue weighted by molar-refractivity contribution is 6.31. The third kappa shape index (κ3) is 2.39. The number of hydrogen-bond acceptors (Lipinski definition) is 4. The van der Waals surface area contributed by atoms with Crippen molar-refractivity contribution in [2.24, 2.45) is 0 Å². The molecule has 20 heavy (non-hydrogen) atoms. The number of carbonyl (C=O) groups is 1. The molecule has 0 unspecified atom stereocenters. The van der Waals surface area contributed by atoms with Gasteiger partial charge in [-0.15, -0.1) is 0 Å². The maximum Gasteiger partial charge on any atom is 0.308 e. The van der Waals surface area contributed by atoms with Gasteiger partial charge in [-0.05, 0) is 25.1 Å². The molecule has 0 N–H and O–H groups in total. The number of ether oxygens (including phenoxy) is 3. The fourth-order valence-corrected chi connectivity index (χ4v) is 2.40. The maximum absolute atomic E-state index is 11.3. The van der Waals surface area contributed by atoms with E-state index in [0.717, 1.165) is 5.39 Å². The Hall–Kier alpha value is -1.94. The number of rotatable bonds is 3. The summed E-state index contributed by atoms with van der Waals surface area (Å²) in [5.74, 6) is 1.17. The van der Waals surface area contributed by atoms with E-state index in [1.165, 1.54) is 6.92 Å². The van der Waals surface area contributed by atoms with Crippen LogP contribution in [0.4, 0.5) is 0 Å². The molecule has 2 aromatic carbocycles. The topological polar surface area (TPSA) is 44.8 Å². The summed E-state index contributed by atoms with van der Waals surface area (Å²) in [5.41, 5.74) is 0.689. The van der Waals surface area contributed by atoms with Gasteiger partial charge in [0.1, 0.15) is 5.75 Å². The van der Waals surface area contributed by atoms with Crippen LogP contribution in [0.3, 0.4) is 0 Å². The van der Waals surface area contributed by atoms with E-state index in [1.807, 2.05) is 6.07 Å². The molecule has 0 saturated heterocycles. The van der Waals surface area contributed by atoms with Crippen molar-refractivity contribution in [1.29, 1.82) is 0 Å². The highest BCUT2D eigenvalue weighted by Gasteiger charge is 2.20. The first-order valence-corrected chi connectivity index (χ1v) is 6.39. The molecule has 0 bridgehead atoms. The Morgan fingerprint density at radius 3 is 2.25 bits per heavy atom. The Labute approximate surface area is 122 Å². The zero-order valence-corrected chi connectivity index (χ0v) is 12.5. The average molecular weight is 295 g/mol. The lowest BCUT2D eigenvalue weighted by Gasteiger charge is -2.17. The van der Waals surface area contributed by atoms with Crippen molar-refractivity contribution >= 4 is 28.3 Å². The summed E-state index contributed by atoms with van der Waals surface area (Å²) in [5, 5.41) is 2.04. The molecule has 0 atom stereocenters. The molecule has 106 valence electrons. The monoisotopic (exact) mass is 294 g/mol. The minimum absolute atomic E-state index is 0.401. The molecule has 0 spiro atoms. The molecule has 0 aliphatic heterocycles. The van der Waals surface area contributed by atoms with Crippen LogP contribution in [0.1, 0.15) is 12.5 Å². The zero-order chi connectivity index (χ0) is 14.9. The smallest absolute Gasteiger partial charge is 0.308 e. The van der Waals surface area contributed by atoms with E-state index in [9.17, 15) is 4.79 Å². The molecule has 0 fully saturated rings. The number of methoxy groups -OCH3 is 2. The van der Waals surface area contributed by atoms with Gasteiger partial charge in [-0.3, -0.25) is 4.79 Å². The Kier molecular flexibility index (Phi) is 4.04. The largest absolute Gasteiger partial charge is 0.492 e. The first kappa shape index (κ1) is 14.5. The quantitative estimate of drug-likeness (QED) is 0.639. The van der Waals surface area contributed by atoms with Crippen molar-refractivity contribution in [1.82, 2.24) is 0 Å². The summed E-state index contributed by atoms with van der Waals surface area (Å²) in [4.78, 5) is 11.3. The fraction of sp³-hybridized carbons (Fsp3) is 0.267. The van der Waals surface area contributed by atoms with Crippen LogP contribution in [-0.2, 0) is 4.79 Å². The van der Waals surface area contributed by atoms with E-state index in [2.05, 4.69) is 0 Å². The Morgan fingerprint density at radius 2 is 1.70 bits per heavy atom. The third-order valence-corrected chi connectivity index (χ3v) is 3.25. The molecule has 0 radical (unpaired) electrons. The van der Waals surface area contributed by atoms with Gasteiger partial charge in [0.25, 0.3) is 0 Å². The van der Waals surface area contributed by atoms with Crippen molar-refractivity contribution < 1.29 is 19.0 Å². The summed E-state index contributed by atoms with van der Waals surface area (Å²) >= 11 is 6.04. The van der Waals surface area contributed by atoms with Crippen LogP contribution < -0.4 is 14.2 Å². The van der Waals surface area contributed by atoms with Crippen LogP contribution in [0.2, 0.25) is 5.02 Å². The van der Waals surface area contributed by atoms with E-state index < -0.39 is 5.97 Å². The average Bonchev–Trinajstić information content (AvgIpc) is 2.41. The second-order valence-corrected chi connectivity index (χ2v) is 4.74. The summed E-state index contributed by atoms with van der Waals surface area (Å²) in [6.07, 6.45) is 0. The number of halogens is 1. The third-order valence-electron chi connectivity index (χ3n) is 3.01. The molecule has 0 amide bonds. The Morgan fingerprint density at radius 1 is 1.05 bits per heavy atom. The number of benzene rings is 2. The summed E-state index contributed by atoms with van der Waals surface area (Å²) in [6, 6.07) is 5.30. The number of esters is 1. The molecule has 5 heteroatoms. The highest BCUT2D eigenvalue weighted by atomic mass is 35.5. The van der Waals surface area contributed by atoms with E-state index in [-0.39, 0.29) is 0 Å². The molecular weight excluding hydrogens is 280 g/mol. The minimum Gasteiger partial charge on any atom is -0.492 e. The molecule has 2 rings (SSSR count). The zero-order valence-electron chi connectivity index (χ0n) is 11.7. The maximum atomic E-state index is 11.3. The summed E-state index contributed by atoms with van der Waals surface area (Å²) in [7, 11) is 3.11. The first-order valence-electron chi connectivity index (χ1n) is 6.01. The summed E-state index contributed by atoms with van der Waals surface area (Å²) < 4.78 is 16.1. The van der Waals surface area contributed by atoms with E-state index in [1.54, 1.807) is 33.3 Å². The van der Waals surface area contributed by atoms with Crippen molar-refractivity contribution in [3.8, 4) is 17.2 Å². The molecular formula is C15H15ClO4. The van der Waals surface area contributed by atoms with Crippen LogP contribution in [0.5, 0.6) is 17.2 Å². The van der Waals surface area contributed by atoms with Crippen LogP contribution in [0.25, 0.3) is 10.8 Å². The molecule has 2 aromatic rings. The second-order valence-electron chi connectivity index (χ2n) is 4.30. The molecule has 0 aliphatic rings. The van der Waals surface area contributed by atoms with Gasteiger partial charge in [0.05, 0.1) is 14.2 Å². The van der Waals surface area contributed by atoms with Crippen LogP contribution in [-0.4, -0.2) is 20.2 Å². The molecule has 4 nitrogen and oxygen atoms in total. The second kappa shape index (κ2) is 5.59. The van der Waals surface area contributed by atoms with Crippen LogP contribution in [0, 0.1) is 6.92 Å². The predicted octanol–water partition coefficient (Wildman–Crippen LogP) is 3.74. The van der Waals surface area contributed by atoms with E-state index in [0.29, 0.717) is 33.2 Å². The van der Waals surface area contributed by atoms with Gasteiger partial charge in [-0.1, -0.05) is 11.6 Å². The van der Waals surface area contributed by atoms with Gasteiger partial charge in [0.15, 0.2) is 11.5 Å². The van der Waals surface area contributed by atoms with Gasteiger partial charge in [-0.2, -0.15) is 0 Å². The standard InChI is InChI=1S/C15H15ClO4/c1-8-13(20-9(2)17)12-7-10(16)5-6-11(12)15(19-4)14(8)18-3/h5-7H,1-4H3.